The number of aromatic nitrogens is 1. The van der Waals surface area contributed by atoms with Crippen molar-refractivity contribution in [3.05, 3.63) is 59.3 Å². The third-order valence-electron chi connectivity index (χ3n) is 3.59. The predicted octanol–water partition coefficient (Wildman–Crippen LogP) is 4.14. The summed E-state index contributed by atoms with van der Waals surface area (Å²) >= 11 is 1.36. The van der Waals surface area contributed by atoms with E-state index in [-0.39, 0.29) is 17.8 Å². The quantitative estimate of drug-likeness (QED) is 0.464. The molecule has 126 valence electrons. The van der Waals surface area contributed by atoms with Gasteiger partial charge >= 0.3 is 5.97 Å². The summed E-state index contributed by atoms with van der Waals surface area (Å²) in [5.74, 6) is -0.759. The molecule has 2 rings (SSSR count). The first kappa shape index (κ1) is 18.2. The second-order valence-corrected chi connectivity index (χ2v) is 7.18. The van der Waals surface area contributed by atoms with Crippen molar-refractivity contribution in [1.82, 2.24) is 4.98 Å². The molecule has 0 saturated heterocycles. The Balaban J connectivity index is 2.01. The van der Waals surface area contributed by atoms with Crippen molar-refractivity contribution in [2.75, 3.05) is 12.9 Å². The van der Waals surface area contributed by atoms with Crippen molar-refractivity contribution in [1.29, 1.82) is 0 Å². The van der Waals surface area contributed by atoms with Gasteiger partial charge in [0, 0.05) is 11.8 Å². The zero-order chi connectivity index (χ0) is 17.7. The first-order valence-electron chi connectivity index (χ1n) is 7.63. The maximum atomic E-state index is 12.2. The topological polar surface area (TPSA) is 56.3 Å². The monoisotopic (exact) mass is 343 g/mol. The molecule has 0 fully saturated rings. The lowest BCUT2D eigenvalue weighted by Gasteiger charge is -2.18. The molecule has 1 heterocycles. The fourth-order valence-corrected chi connectivity index (χ4v) is 2.69. The number of thioether (sulfide) groups is 1. The number of carbonyl (C=O) groups excluding carboxylic acids is 2. The summed E-state index contributed by atoms with van der Waals surface area (Å²) < 4.78 is 5.14. The summed E-state index contributed by atoms with van der Waals surface area (Å²) in [6, 6.07) is 10.7. The average Bonchev–Trinajstić information content (AvgIpc) is 2.58. The van der Waals surface area contributed by atoms with Crippen molar-refractivity contribution in [2.45, 2.75) is 31.2 Å². The summed E-state index contributed by atoms with van der Waals surface area (Å²) in [6.07, 6.45) is 3.45. The molecule has 0 amide bonds. The van der Waals surface area contributed by atoms with E-state index >= 15 is 0 Å². The zero-order valence-electron chi connectivity index (χ0n) is 14.3. The van der Waals surface area contributed by atoms with Crippen molar-refractivity contribution < 1.29 is 14.3 Å². The van der Waals surface area contributed by atoms with E-state index in [2.05, 4.69) is 25.8 Å². The van der Waals surface area contributed by atoms with Crippen LogP contribution >= 0.6 is 11.8 Å². The first-order chi connectivity index (χ1) is 11.3. The lowest BCUT2D eigenvalue weighted by atomic mass is 9.86. The van der Waals surface area contributed by atoms with Gasteiger partial charge in [-0.15, -0.1) is 11.8 Å². The fraction of sp³-hybridized carbons (Fsp3) is 0.316. The van der Waals surface area contributed by atoms with Crippen molar-refractivity contribution in [2.24, 2.45) is 0 Å². The number of hydrogen-bond acceptors (Lipinski definition) is 5. The van der Waals surface area contributed by atoms with Gasteiger partial charge in [-0.25, -0.2) is 9.78 Å². The van der Waals surface area contributed by atoms with Gasteiger partial charge in [-0.05, 0) is 29.4 Å². The van der Waals surface area contributed by atoms with E-state index in [0.717, 1.165) is 5.56 Å². The van der Waals surface area contributed by atoms with E-state index < -0.39 is 5.97 Å². The Bertz CT molecular complexity index is 733. The van der Waals surface area contributed by atoms with Gasteiger partial charge < -0.3 is 4.74 Å². The smallest absolute Gasteiger partial charge is 0.341 e. The zero-order valence-corrected chi connectivity index (χ0v) is 15.1. The van der Waals surface area contributed by atoms with Gasteiger partial charge in [-0.1, -0.05) is 45.0 Å². The number of ether oxygens (including phenoxy) is 1. The Kier molecular flexibility index (Phi) is 5.78. The molecule has 0 aliphatic rings. The summed E-state index contributed by atoms with van der Waals surface area (Å²) in [5, 5.41) is 0.587. The Morgan fingerprint density at radius 3 is 2.38 bits per heavy atom. The highest BCUT2D eigenvalue weighted by Gasteiger charge is 2.17. The van der Waals surface area contributed by atoms with Crippen LogP contribution < -0.4 is 0 Å². The predicted molar refractivity (Wildman–Crippen MR) is 95.8 cm³/mol. The second kappa shape index (κ2) is 7.62. The van der Waals surface area contributed by atoms with Crippen LogP contribution in [0.25, 0.3) is 0 Å². The number of carbonyl (C=O) groups is 2. The lowest BCUT2D eigenvalue weighted by Crippen LogP contribution is -2.16. The number of esters is 1. The van der Waals surface area contributed by atoms with Gasteiger partial charge in [-0.3, -0.25) is 4.79 Å². The molecule has 1 aromatic heterocycles. The van der Waals surface area contributed by atoms with Crippen LogP contribution in [-0.2, 0) is 10.2 Å². The second-order valence-electron chi connectivity index (χ2n) is 6.39. The Hall–Kier alpha value is -2.14. The van der Waals surface area contributed by atoms with E-state index in [4.69, 9.17) is 4.74 Å². The highest BCUT2D eigenvalue weighted by Crippen LogP contribution is 2.22. The molecule has 5 heteroatoms. The number of rotatable bonds is 5. The molecule has 4 nitrogen and oxygen atoms in total. The first-order valence-corrected chi connectivity index (χ1v) is 8.85. The Morgan fingerprint density at radius 1 is 1.12 bits per heavy atom. The normalized spacial score (nSPS) is 11.2. The highest BCUT2D eigenvalue weighted by atomic mass is 32.2. The van der Waals surface area contributed by atoms with Gasteiger partial charge in [0.15, 0.2) is 12.4 Å². The largest absolute Gasteiger partial charge is 0.454 e. The van der Waals surface area contributed by atoms with Crippen LogP contribution in [0.5, 0.6) is 0 Å². The summed E-state index contributed by atoms with van der Waals surface area (Å²) in [4.78, 5) is 28.4. The summed E-state index contributed by atoms with van der Waals surface area (Å²) in [5.41, 5.74) is 2.09. The molecule has 24 heavy (non-hydrogen) atoms. The minimum absolute atomic E-state index is 0.0303. The van der Waals surface area contributed by atoms with E-state index in [9.17, 15) is 9.59 Å². The number of ketones is 1. The van der Waals surface area contributed by atoms with E-state index in [0.29, 0.717) is 16.2 Å². The molecule has 0 radical (unpaired) electrons. The molecule has 0 aliphatic heterocycles. The van der Waals surface area contributed by atoms with Gasteiger partial charge in [0.05, 0.1) is 5.56 Å². The van der Waals surface area contributed by atoms with Crippen LogP contribution in [0.3, 0.4) is 0 Å². The number of nitrogens with zero attached hydrogens (tertiary/aromatic N) is 1. The molecule has 0 unspecified atom stereocenters. The van der Waals surface area contributed by atoms with Gasteiger partial charge in [0.1, 0.15) is 5.03 Å². The van der Waals surface area contributed by atoms with Crippen LogP contribution in [0, 0.1) is 0 Å². The van der Waals surface area contributed by atoms with Crippen LogP contribution in [-0.4, -0.2) is 29.6 Å². The van der Waals surface area contributed by atoms with Crippen LogP contribution in [0.2, 0.25) is 0 Å². The molecule has 0 N–H and O–H groups in total. The molecule has 0 atom stereocenters. The Morgan fingerprint density at radius 2 is 1.79 bits per heavy atom. The Labute approximate surface area is 146 Å². The van der Waals surface area contributed by atoms with Gasteiger partial charge in [-0.2, -0.15) is 0 Å². The summed E-state index contributed by atoms with van der Waals surface area (Å²) in [7, 11) is 0. The lowest BCUT2D eigenvalue weighted by molar-refractivity contribution is 0.0470. The van der Waals surface area contributed by atoms with Crippen molar-refractivity contribution >= 4 is 23.5 Å². The van der Waals surface area contributed by atoms with Crippen LogP contribution in [0.4, 0.5) is 0 Å². The SMILES string of the molecule is CSc1ncccc1C(=O)OCC(=O)c1ccc(C(C)(C)C)cc1. The molecule has 0 spiro atoms. The molecule has 0 saturated carbocycles. The third-order valence-corrected chi connectivity index (χ3v) is 4.30. The minimum atomic E-state index is -0.535. The summed E-state index contributed by atoms with van der Waals surface area (Å²) in [6.45, 7) is 6.06. The molecule has 0 bridgehead atoms. The molecular formula is C19H21NO3S. The molecular weight excluding hydrogens is 322 g/mol. The maximum Gasteiger partial charge on any atom is 0.341 e. The molecule has 1 aromatic carbocycles. The maximum absolute atomic E-state index is 12.2. The van der Waals surface area contributed by atoms with E-state index in [1.807, 2.05) is 18.4 Å². The van der Waals surface area contributed by atoms with Crippen molar-refractivity contribution in [3.8, 4) is 0 Å². The van der Waals surface area contributed by atoms with E-state index in [1.165, 1.54) is 11.8 Å². The number of pyridine rings is 1. The van der Waals surface area contributed by atoms with E-state index in [1.54, 1.807) is 30.5 Å². The van der Waals surface area contributed by atoms with Gasteiger partial charge in [0.2, 0.25) is 0 Å². The van der Waals surface area contributed by atoms with Crippen LogP contribution in [0.1, 0.15) is 47.1 Å². The molecule has 0 aliphatic carbocycles. The number of benzene rings is 1. The number of Topliss-reactive ketones (excluding diaryl/α,β-unsaturated/α-hetero) is 1. The fourth-order valence-electron chi connectivity index (χ4n) is 2.16. The van der Waals surface area contributed by atoms with Crippen molar-refractivity contribution in [3.63, 3.8) is 0 Å². The molecule has 2 aromatic rings. The van der Waals surface area contributed by atoms with Crippen LogP contribution in [0.15, 0.2) is 47.6 Å². The number of hydrogen-bond donors (Lipinski definition) is 0. The standard InChI is InChI=1S/C19H21NO3S/c1-19(2,3)14-9-7-13(8-10-14)16(21)12-23-18(22)15-6-5-11-20-17(15)24-4/h5-11H,12H2,1-4H3. The average molecular weight is 343 g/mol. The van der Waals surface area contributed by atoms with Gasteiger partial charge in [0.25, 0.3) is 0 Å². The minimum Gasteiger partial charge on any atom is -0.454 e. The third kappa shape index (κ3) is 4.45. The highest BCUT2D eigenvalue weighted by molar-refractivity contribution is 7.98.